The Morgan fingerprint density at radius 1 is 1.00 bits per heavy atom. The van der Waals surface area contributed by atoms with E-state index >= 15 is 0 Å². The zero-order valence-corrected chi connectivity index (χ0v) is 16.9. The Bertz CT molecular complexity index is 985. The van der Waals surface area contributed by atoms with E-state index < -0.39 is 9.84 Å². The maximum absolute atomic E-state index is 12.8. The van der Waals surface area contributed by atoms with Crippen LogP contribution in [0.3, 0.4) is 0 Å². The Kier molecular flexibility index (Phi) is 5.27. The summed E-state index contributed by atoms with van der Waals surface area (Å²) in [6.07, 6.45) is 1.81. The highest BCUT2D eigenvalue weighted by Gasteiger charge is 2.21. The first kappa shape index (κ1) is 18.1. The molecule has 0 saturated carbocycles. The van der Waals surface area contributed by atoms with Gasteiger partial charge in [0.25, 0.3) is 0 Å². The van der Waals surface area contributed by atoms with Crippen molar-refractivity contribution in [1.29, 1.82) is 0 Å². The standard InChI is InChI=1S/C20H17BrO2S2/c1-3-15-4-6-16(7-5-15)14(2)19-12-13-20(24-19)25(22,23)18-10-8-17(21)9-11-18/h3-14H,1H2,2H3. The van der Waals surface area contributed by atoms with E-state index in [1.54, 1.807) is 30.3 Å². The first-order chi connectivity index (χ1) is 11.9. The molecule has 0 fully saturated rings. The molecule has 2 nitrogen and oxygen atoms in total. The average Bonchev–Trinajstić information content (AvgIpc) is 3.12. The predicted molar refractivity (Wildman–Crippen MR) is 108 cm³/mol. The van der Waals surface area contributed by atoms with Gasteiger partial charge in [-0.05, 0) is 47.5 Å². The summed E-state index contributed by atoms with van der Waals surface area (Å²) in [6.45, 7) is 5.85. The molecule has 0 amide bonds. The van der Waals surface area contributed by atoms with E-state index in [1.807, 2.05) is 24.3 Å². The van der Waals surface area contributed by atoms with Gasteiger partial charge in [0.15, 0.2) is 0 Å². The van der Waals surface area contributed by atoms with Crippen molar-refractivity contribution in [1.82, 2.24) is 0 Å². The number of benzene rings is 2. The molecule has 0 spiro atoms. The van der Waals surface area contributed by atoms with Crippen LogP contribution in [0, 0.1) is 0 Å². The largest absolute Gasteiger partial charge is 0.218 e. The molecule has 1 unspecified atom stereocenters. The van der Waals surface area contributed by atoms with Gasteiger partial charge in [-0.3, -0.25) is 0 Å². The fraction of sp³-hybridized carbons (Fsp3) is 0.100. The van der Waals surface area contributed by atoms with Gasteiger partial charge in [0, 0.05) is 15.3 Å². The van der Waals surface area contributed by atoms with E-state index in [0.29, 0.717) is 9.10 Å². The Morgan fingerprint density at radius 3 is 2.24 bits per heavy atom. The molecular weight excluding hydrogens is 416 g/mol. The lowest BCUT2D eigenvalue weighted by atomic mass is 9.98. The summed E-state index contributed by atoms with van der Waals surface area (Å²) in [6, 6.07) is 18.5. The van der Waals surface area contributed by atoms with Crippen LogP contribution >= 0.6 is 27.3 Å². The topological polar surface area (TPSA) is 34.1 Å². The molecule has 2 aromatic carbocycles. The van der Waals surface area contributed by atoms with E-state index in [0.717, 1.165) is 20.5 Å². The monoisotopic (exact) mass is 432 g/mol. The van der Waals surface area contributed by atoms with Crippen LogP contribution in [-0.4, -0.2) is 8.42 Å². The van der Waals surface area contributed by atoms with Gasteiger partial charge in [0.05, 0.1) is 4.90 Å². The van der Waals surface area contributed by atoms with Crippen LogP contribution in [0.4, 0.5) is 0 Å². The number of hydrogen-bond donors (Lipinski definition) is 0. The minimum atomic E-state index is -3.48. The van der Waals surface area contributed by atoms with Gasteiger partial charge in [-0.1, -0.05) is 59.8 Å². The highest BCUT2D eigenvalue weighted by atomic mass is 79.9. The molecule has 3 aromatic rings. The SMILES string of the molecule is C=Cc1ccc(C(C)c2ccc(S(=O)(=O)c3ccc(Br)cc3)s2)cc1. The van der Waals surface area contributed by atoms with Crippen molar-refractivity contribution in [3.8, 4) is 0 Å². The quantitative estimate of drug-likeness (QED) is 0.485. The summed E-state index contributed by atoms with van der Waals surface area (Å²) in [5, 5.41) is 0. The third kappa shape index (κ3) is 3.78. The van der Waals surface area contributed by atoms with Crippen LogP contribution in [0.5, 0.6) is 0 Å². The molecule has 128 valence electrons. The molecule has 0 saturated heterocycles. The minimum absolute atomic E-state index is 0.137. The molecule has 0 N–H and O–H groups in total. The molecule has 0 aliphatic rings. The minimum Gasteiger partial charge on any atom is -0.218 e. The smallest absolute Gasteiger partial charge is 0.215 e. The average molecular weight is 433 g/mol. The molecule has 3 rings (SSSR count). The van der Waals surface area contributed by atoms with Crippen LogP contribution < -0.4 is 0 Å². The Morgan fingerprint density at radius 2 is 1.64 bits per heavy atom. The maximum atomic E-state index is 12.8. The zero-order chi connectivity index (χ0) is 18.0. The highest BCUT2D eigenvalue weighted by Crippen LogP contribution is 2.34. The van der Waals surface area contributed by atoms with Crippen molar-refractivity contribution < 1.29 is 8.42 Å². The van der Waals surface area contributed by atoms with Crippen LogP contribution in [0.25, 0.3) is 6.08 Å². The van der Waals surface area contributed by atoms with Gasteiger partial charge in [-0.25, -0.2) is 8.42 Å². The van der Waals surface area contributed by atoms with Gasteiger partial charge >= 0.3 is 0 Å². The van der Waals surface area contributed by atoms with E-state index in [2.05, 4.69) is 41.6 Å². The summed E-state index contributed by atoms with van der Waals surface area (Å²) in [5.74, 6) is 0.137. The lowest BCUT2D eigenvalue weighted by molar-refractivity contribution is 0.598. The van der Waals surface area contributed by atoms with Crippen LogP contribution in [0.15, 0.2) is 80.8 Å². The van der Waals surface area contributed by atoms with Crippen LogP contribution in [0.2, 0.25) is 0 Å². The summed E-state index contributed by atoms with van der Waals surface area (Å²) in [5.41, 5.74) is 2.22. The van der Waals surface area contributed by atoms with Gasteiger partial charge in [0.1, 0.15) is 4.21 Å². The third-order valence-corrected chi connectivity index (χ3v) is 8.15. The number of thiophene rings is 1. The van der Waals surface area contributed by atoms with E-state index in [9.17, 15) is 8.42 Å². The second kappa shape index (κ2) is 7.28. The van der Waals surface area contributed by atoms with Crippen molar-refractivity contribution in [3.63, 3.8) is 0 Å². The molecule has 0 bridgehead atoms. The lowest BCUT2D eigenvalue weighted by Gasteiger charge is -2.10. The number of halogens is 1. The second-order valence-electron chi connectivity index (χ2n) is 5.71. The summed E-state index contributed by atoms with van der Waals surface area (Å²) < 4.78 is 26.8. The number of sulfone groups is 1. The lowest BCUT2D eigenvalue weighted by Crippen LogP contribution is -1.99. The van der Waals surface area contributed by atoms with Gasteiger partial charge in [-0.2, -0.15) is 0 Å². The molecule has 0 radical (unpaired) electrons. The zero-order valence-electron chi connectivity index (χ0n) is 13.6. The van der Waals surface area contributed by atoms with Crippen molar-refractivity contribution in [2.24, 2.45) is 0 Å². The maximum Gasteiger partial charge on any atom is 0.215 e. The Labute approximate surface area is 160 Å². The third-order valence-electron chi connectivity index (χ3n) is 4.09. The number of rotatable bonds is 5. The first-order valence-corrected chi connectivity index (χ1v) is 10.8. The van der Waals surface area contributed by atoms with Crippen molar-refractivity contribution >= 4 is 43.2 Å². The van der Waals surface area contributed by atoms with Crippen molar-refractivity contribution in [2.45, 2.75) is 21.9 Å². The molecular formula is C20H17BrO2S2. The molecule has 1 heterocycles. The molecule has 1 atom stereocenters. The molecule has 1 aromatic heterocycles. The Balaban J connectivity index is 1.90. The first-order valence-electron chi connectivity index (χ1n) is 7.74. The summed E-state index contributed by atoms with van der Waals surface area (Å²) in [7, 11) is -3.48. The summed E-state index contributed by atoms with van der Waals surface area (Å²) in [4.78, 5) is 1.34. The van der Waals surface area contributed by atoms with Gasteiger partial charge in [-0.15, -0.1) is 11.3 Å². The molecule has 0 aliphatic carbocycles. The van der Waals surface area contributed by atoms with Crippen molar-refractivity contribution in [3.05, 3.63) is 87.7 Å². The van der Waals surface area contributed by atoms with Gasteiger partial charge in [0.2, 0.25) is 9.84 Å². The highest BCUT2D eigenvalue weighted by molar-refractivity contribution is 9.10. The fourth-order valence-electron chi connectivity index (χ4n) is 2.53. The summed E-state index contributed by atoms with van der Waals surface area (Å²) >= 11 is 4.66. The number of hydrogen-bond acceptors (Lipinski definition) is 3. The Hall–Kier alpha value is -1.69. The normalized spacial score (nSPS) is 12.7. The van der Waals surface area contributed by atoms with Crippen molar-refractivity contribution in [2.75, 3.05) is 0 Å². The molecule has 25 heavy (non-hydrogen) atoms. The van der Waals surface area contributed by atoms with Crippen LogP contribution in [0.1, 0.15) is 28.8 Å². The van der Waals surface area contributed by atoms with E-state index in [-0.39, 0.29) is 5.92 Å². The second-order valence-corrected chi connectivity index (χ2v) is 9.91. The van der Waals surface area contributed by atoms with E-state index in [1.165, 1.54) is 11.3 Å². The fourth-order valence-corrected chi connectivity index (χ4v) is 5.60. The molecule has 0 aliphatic heterocycles. The molecule has 5 heteroatoms. The predicted octanol–water partition coefficient (Wildman–Crippen LogP) is 6.14. The van der Waals surface area contributed by atoms with E-state index in [4.69, 9.17) is 0 Å². The van der Waals surface area contributed by atoms with Crippen LogP contribution in [-0.2, 0) is 9.84 Å². The van der Waals surface area contributed by atoms with Gasteiger partial charge < -0.3 is 0 Å².